The molecule has 1 aliphatic heterocycles. The monoisotopic (exact) mass is 437 g/mol. The highest BCUT2D eigenvalue weighted by molar-refractivity contribution is 9.10. The Balaban J connectivity index is 1.75. The second-order valence-electron chi connectivity index (χ2n) is 6.83. The van der Waals surface area contributed by atoms with Crippen molar-refractivity contribution < 1.29 is 4.79 Å². The fourth-order valence-corrected chi connectivity index (χ4v) is 3.42. The zero-order valence-corrected chi connectivity index (χ0v) is 18.0. The minimum absolute atomic E-state index is 0.0233. The molecule has 0 saturated carbocycles. The number of hydrogen-bond donors (Lipinski definition) is 3. The van der Waals surface area contributed by atoms with E-state index in [9.17, 15) is 4.79 Å². The van der Waals surface area contributed by atoms with Gasteiger partial charge in [0.1, 0.15) is 0 Å². The zero-order valence-electron chi connectivity index (χ0n) is 16.4. The van der Waals surface area contributed by atoms with Gasteiger partial charge in [-0.3, -0.25) is 9.79 Å². The maximum absolute atomic E-state index is 12.1. The highest BCUT2D eigenvalue weighted by atomic mass is 79.9. The molecule has 1 amide bonds. The molecule has 0 atom stereocenters. The summed E-state index contributed by atoms with van der Waals surface area (Å²) in [5.41, 5.74) is 0.802. The van der Waals surface area contributed by atoms with E-state index >= 15 is 0 Å². The number of piperidine rings is 1. The maximum Gasteiger partial charge on any atom is 0.226 e. The molecule has 27 heavy (non-hydrogen) atoms. The lowest BCUT2D eigenvalue weighted by Crippen LogP contribution is -2.48. The van der Waals surface area contributed by atoms with Gasteiger partial charge in [-0.05, 0) is 57.0 Å². The van der Waals surface area contributed by atoms with Gasteiger partial charge in [0.2, 0.25) is 5.91 Å². The van der Waals surface area contributed by atoms with Crippen LogP contribution in [-0.2, 0) is 4.79 Å². The smallest absolute Gasteiger partial charge is 0.226 e. The van der Waals surface area contributed by atoms with Crippen LogP contribution < -0.4 is 16.0 Å². The van der Waals surface area contributed by atoms with E-state index < -0.39 is 0 Å². The zero-order chi connectivity index (χ0) is 19.5. The quantitative estimate of drug-likeness (QED) is 0.431. The lowest BCUT2D eigenvalue weighted by Gasteiger charge is -2.32. The van der Waals surface area contributed by atoms with E-state index in [0.717, 1.165) is 48.6 Å². The SMILES string of the molecule is CCCN1CCC(NC(=NCCC(=O)Nc2ccc(Br)cc2)NCC)CC1. The van der Waals surface area contributed by atoms with Crippen LogP contribution in [0.5, 0.6) is 0 Å². The number of nitrogens with one attached hydrogen (secondary N) is 3. The largest absolute Gasteiger partial charge is 0.357 e. The van der Waals surface area contributed by atoms with Crippen LogP contribution in [0.25, 0.3) is 0 Å². The predicted molar refractivity (Wildman–Crippen MR) is 116 cm³/mol. The van der Waals surface area contributed by atoms with Crippen LogP contribution in [0.15, 0.2) is 33.7 Å². The van der Waals surface area contributed by atoms with Crippen LogP contribution >= 0.6 is 15.9 Å². The Kier molecular flexibility index (Phi) is 9.62. The summed E-state index contributed by atoms with van der Waals surface area (Å²) < 4.78 is 0.993. The number of anilines is 1. The lowest BCUT2D eigenvalue weighted by atomic mass is 10.1. The Morgan fingerprint density at radius 3 is 2.56 bits per heavy atom. The Bertz CT molecular complexity index is 597. The molecule has 1 aromatic carbocycles. The first-order valence-corrected chi connectivity index (χ1v) is 10.7. The molecule has 150 valence electrons. The van der Waals surface area contributed by atoms with Gasteiger partial charge in [0.15, 0.2) is 5.96 Å². The molecule has 0 spiro atoms. The van der Waals surface area contributed by atoms with Crippen LogP contribution in [0.1, 0.15) is 39.5 Å². The van der Waals surface area contributed by atoms with Gasteiger partial charge in [-0.1, -0.05) is 22.9 Å². The summed E-state index contributed by atoms with van der Waals surface area (Å²) in [7, 11) is 0. The summed E-state index contributed by atoms with van der Waals surface area (Å²) in [6.45, 7) is 9.03. The number of carbonyl (C=O) groups is 1. The Morgan fingerprint density at radius 1 is 1.22 bits per heavy atom. The first-order chi connectivity index (χ1) is 13.1. The van der Waals surface area contributed by atoms with Gasteiger partial charge in [0.05, 0.1) is 6.54 Å². The van der Waals surface area contributed by atoms with Crippen LogP contribution in [0.2, 0.25) is 0 Å². The highest BCUT2D eigenvalue weighted by Gasteiger charge is 2.19. The first kappa shape index (κ1) is 21.7. The number of likely N-dealkylation sites (tertiary alicyclic amines) is 1. The molecule has 0 radical (unpaired) electrons. The number of benzene rings is 1. The normalized spacial score (nSPS) is 16.2. The van der Waals surface area contributed by atoms with Crippen molar-refractivity contribution in [3.8, 4) is 0 Å². The van der Waals surface area contributed by atoms with E-state index in [1.807, 2.05) is 24.3 Å². The summed E-state index contributed by atoms with van der Waals surface area (Å²) in [4.78, 5) is 19.2. The van der Waals surface area contributed by atoms with Gasteiger partial charge in [-0.2, -0.15) is 0 Å². The van der Waals surface area contributed by atoms with Gasteiger partial charge >= 0.3 is 0 Å². The fourth-order valence-electron chi connectivity index (χ4n) is 3.16. The van der Waals surface area contributed by atoms with Crippen molar-refractivity contribution in [2.45, 2.75) is 45.6 Å². The third-order valence-electron chi connectivity index (χ3n) is 4.55. The molecule has 0 unspecified atom stereocenters. The third-order valence-corrected chi connectivity index (χ3v) is 5.08. The predicted octanol–water partition coefficient (Wildman–Crippen LogP) is 3.21. The van der Waals surface area contributed by atoms with Crippen LogP contribution in [0, 0.1) is 0 Å². The number of rotatable bonds is 8. The van der Waals surface area contributed by atoms with Crippen LogP contribution in [0.4, 0.5) is 5.69 Å². The molecule has 7 heteroatoms. The highest BCUT2D eigenvalue weighted by Crippen LogP contribution is 2.14. The van der Waals surface area contributed by atoms with E-state index in [2.05, 4.69) is 55.6 Å². The number of hydrogen-bond acceptors (Lipinski definition) is 3. The molecule has 1 aliphatic rings. The van der Waals surface area contributed by atoms with E-state index in [1.165, 1.54) is 13.0 Å². The number of guanidine groups is 1. The van der Waals surface area contributed by atoms with Gasteiger partial charge < -0.3 is 20.9 Å². The molecule has 3 N–H and O–H groups in total. The molecule has 0 aliphatic carbocycles. The topological polar surface area (TPSA) is 68.8 Å². The Hall–Kier alpha value is -1.60. The van der Waals surface area contributed by atoms with Gasteiger partial charge in [-0.25, -0.2) is 0 Å². The number of carbonyl (C=O) groups excluding carboxylic acids is 1. The summed E-state index contributed by atoms with van der Waals surface area (Å²) in [6.07, 6.45) is 3.84. The van der Waals surface area contributed by atoms with Crippen molar-refractivity contribution in [1.82, 2.24) is 15.5 Å². The lowest BCUT2D eigenvalue weighted by molar-refractivity contribution is -0.116. The number of amides is 1. The van der Waals surface area contributed by atoms with Crippen molar-refractivity contribution in [2.75, 3.05) is 38.0 Å². The maximum atomic E-state index is 12.1. The minimum Gasteiger partial charge on any atom is -0.357 e. The van der Waals surface area contributed by atoms with Crippen molar-refractivity contribution in [2.24, 2.45) is 4.99 Å². The molecule has 2 rings (SSSR count). The first-order valence-electron chi connectivity index (χ1n) is 9.93. The molecule has 1 heterocycles. The van der Waals surface area contributed by atoms with Gasteiger partial charge in [0.25, 0.3) is 0 Å². The van der Waals surface area contributed by atoms with Gasteiger partial charge in [0, 0.05) is 42.3 Å². The van der Waals surface area contributed by atoms with E-state index in [0.29, 0.717) is 19.0 Å². The molecule has 1 fully saturated rings. The molecule has 1 saturated heterocycles. The third kappa shape index (κ3) is 8.30. The molecule has 0 bridgehead atoms. The van der Waals surface area contributed by atoms with Crippen molar-refractivity contribution in [3.63, 3.8) is 0 Å². The molecular weight excluding hydrogens is 406 g/mol. The molecule has 0 aromatic heterocycles. The van der Waals surface area contributed by atoms with Crippen LogP contribution in [0.3, 0.4) is 0 Å². The van der Waals surface area contributed by atoms with Crippen molar-refractivity contribution in [3.05, 3.63) is 28.7 Å². The Morgan fingerprint density at radius 2 is 1.93 bits per heavy atom. The van der Waals surface area contributed by atoms with E-state index in [-0.39, 0.29) is 5.91 Å². The summed E-state index contributed by atoms with van der Waals surface area (Å²) in [6, 6.07) is 8.02. The fraction of sp³-hybridized carbons (Fsp3) is 0.600. The molecular formula is C20H32BrN5O. The summed E-state index contributed by atoms with van der Waals surface area (Å²) >= 11 is 3.39. The van der Waals surface area contributed by atoms with Gasteiger partial charge in [-0.15, -0.1) is 0 Å². The number of halogens is 1. The average Bonchev–Trinajstić information content (AvgIpc) is 2.65. The Labute approximate surface area is 171 Å². The number of nitrogens with zero attached hydrogens (tertiary/aromatic N) is 2. The standard InChI is InChI=1S/C20H32BrN5O/c1-3-13-26-14-10-18(11-15-26)25-20(22-4-2)23-12-9-19(27)24-17-7-5-16(21)6-8-17/h5-8,18H,3-4,9-15H2,1-2H3,(H,24,27)(H2,22,23,25). The summed E-state index contributed by atoms with van der Waals surface area (Å²) in [5, 5.41) is 9.71. The minimum atomic E-state index is -0.0233. The van der Waals surface area contributed by atoms with Crippen molar-refractivity contribution >= 4 is 33.5 Å². The van der Waals surface area contributed by atoms with Crippen molar-refractivity contribution in [1.29, 1.82) is 0 Å². The average molecular weight is 438 g/mol. The van der Waals surface area contributed by atoms with E-state index in [4.69, 9.17) is 0 Å². The molecule has 1 aromatic rings. The van der Waals surface area contributed by atoms with Crippen LogP contribution in [-0.4, -0.2) is 55.5 Å². The second kappa shape index (κ2) is 12.0. The number of aliphatic imine (C=N–C) groups is 1. The van der Waals surface area contributed by atoms with E-state index in [1.54, 1.807) is 0 Å². The summed E-state index contributed by atoms with van der Waals surface area (Å²) in [5.74, 6) is 0.785. The second-order valence-corrected chi connectivity index (χ2v) is 7.74. The molecule has 6 nitrogen and oxygen atoms in total.